The van der Waals surface area contributed by atoms with E-state index in [2.05, 4.69) is 19.2 Å². The second kappa shape index (κ2) is 7.85. The van der Waals surface area contributed by atoms with Crippen LogP contribution < -0.4 is 10.1 Å². The van der Waals surface area contributed by atoms with Crippen LogP contribution in [0.2, 0.25) is 5.02 Å². The third kappa shape index (κ3) is 5.41. The Balaban J connectivity index is 1.87. The van der Waals surface area contributed by atoms with Crippen molar-refractivity contribution in [3.05, 3.63) is 59.1 Å². The standard InChI is InChI=1S/C18H20ClNO2/c1-13(2)12-22-17-9-7-16(8-10-17)20-18(21)11-14-3-5-15(19)6-4-14/h3-10,13H,11-12H2,1-2H3,(H,20,21). The zero-order valence-corrected chi connectivity index (χ0v) is 13.6. The first kappa shape index (κ1) is 16.4. The molecule has 0 bridgehead atoms. The monoisotopic (exact) mass is 317 g/mol. The van der Waals surface area contributed by atoms with E-state index in [4.69, 9.17) is 16.3 Å². The van der Waals surface area contributed by atoms with Crippen LogP contribution in [0.15, 0.2) is 48.5 Å². The number of hydrogen-bond acceptors (Lipinski definition) is 2. The number of hydrogen-bond donors (Lipinski definition) is 1. The van der Waals surface area contributed by atoms with Crippen molar-refractivity contribution in [2.24, 2.45) is 5.92 Å². The highest BCUT2D eigenvalue weighted by atomic mass is 35.5. The molecule has 1 amide bonds. The topological polar surface area (TPSA) is 38.3 Å². The Morgan fingerprint density at radius 2 is 1.73 bits per heavy atom. The number of rotatable bonds is 6. The molecule has 0 atom stereocenters. The maximum absolute atomic E-state index is 12.0. The number of ether oxygens (including phenoxy) is 1. The van der Waals surface area contributed by atoms with E-state index >= 15 is 0 Å². The fourth-order valence-electron chi connectivity index (χ4n) is 1.89. The summed E-state index contributed by atoms with van der Waals surface area (Å²) in [6.07, 6.45) is 0.322. The number of benzene rings is 2. The number of anilines is 1. The summed E-state index contributed by atoms with van der Waals surface area (Å²) in [7, 11) is 0. The van der Waals surface area contributed by atoms with Crippen LogP contribution in [0.1, 0.15) is 19.4 Å². The average molecular weight is 318 g/mol. The van der Waals surface area contributed by atoms with Crippen LogP contribution in [-0.4, -0.2) is 12.5 Å². The van der Waals surface area contributed by atoms with Gasteiger partial charge in [0.15, 0.2) is 0 Å². The van der Waals surface area contributed by atoms with E-state index in [0.717, 1.165) is 17.0 Å². The Bertz CT molecular complexity index is 606. The van der Waals surface area contributed by atoms with Crippen molar-refractivity contribution >= 4 is 23.2 Å². The Hall–Kier alpha value is -2.00. The fourth-order valence-corrected chi connectivity index (χ4v) is 2.02. The van der Waals surface area contributed by atoms with Crippen molar-refractivity contribution < 1.29 is 9.53 Å². The number of carbonyl (C=O) groups excluding carboxylic acids is 1. The molecule has 3 nitrogen and oxygen atoms in total. The molecule has 2 aromatic rings. The van der Waals surface area contributed by atoms with Gasteiger partial charge >= 0.3 is 0 Å². The molecule has 0 aromatic heterocycles. The minimum Gasteiger partial charge on any atom is -0.493 e. The molecule has 0 saturated carbocycles. The molecule has 22 heavy (non-hydrogen) atoms. The predicted molar refractivity (Wildman–Crippen MR) is 90.6 cm³/mol. The van der Waals surface area contributed by atoms with E-state index < -0.39 is 0 Å². The number of halogens is 1. The maximum Gasteiger partial charge on any atom is 0.228 e. The predicted octanol–water partition coefficient (Wildman–Crippen LogP) is 4.56. The summed E-state index contributed by atoms with van der Waals surface area (Å²) < 4.78 is 5.61. The molecule has 2 aromatic carbocycles. The molecule has 0 radical (unpaired) electrons. The first-order valence-electron chi connectivity index (χ1n) is 7.30. The molecule has 0 heterocycles. The second-order valence-corrected chi connectivity index (χ2v) is 6.02. The van der Waals surface area contributed by atoms with Crippen LogP contribution in [0.3, 0.4) is 0 Å². The van der Waals surface area contributed by atoms with Crippen molar-refractivity contribution in [1.29, 1.82) is 0 Å². The molecular weight excluding hydrogens is 298 g/mol. The molecule has 0 spiro atoms. The van der Waals surface area contributed by atoms with E-state index in [1.165, 1.54) is 0 Å². The first-order chi connectivity index (χ1) is 10.5. The van der Waals surface area contributed by atoms with Gasteiger partial charge in [-0.15, -0.1) is 0 Å². The van der Waals surface area contributed by atoms with Crippen LogP contribution in [0.5, 0.6) is 5.75 Å². The highest BCUT2D eigenvalue weighted by Gasteiger charge is 2.05. The van der Waals surface area contributed by atoms with Crippen LogP contribution in [0.4, 0.5) is 5.69 Å². The summed E-state index contributed by atoms with van der Waals surface area (Å²) in [6.45, 7) is 4.89. The molecule has 0 aliphatic heterocycles. The fraction of sp³-hybridized carbons (Fsp3) is 0.278. The molecule has 4 heteroatoms. The van der Waals surface area contributed by atoms with Crippen LogP contribution in [-0.2, 0) is 11.2 Å². The molecule has 116 valence electrons. The maximum atomic E-state index is 12.0. The van der Waals surface area contributed by atoms with E-state index in [-0.39, 0.29) is 5.91 Å². The van der Waals surface area contributed by atoms with E-state index in [9.17, 15) is 4.79 Å². The minimum atomic E-state index is -0.0572. The van der Waals surface area contributed by atoms with Gasteiger partial charge in [0.25, 0.3) is 0 Å². The summed E-state index contributed by atoms with van der Waals surface area (Å²) in [5.74, 6) is 1.24. The molecule has 0 fully saturated rings. The van der Waals surface area contributed by atoms with Crippen molar-refractivity contribution in [2.75, 3.05) is 11.9 Å². The summed E-state index contributed by atoms with van der Waals surface area (Å²) in [4.78, 5) is 12.0. The van der Waals surface area contributed by atoms with Gasteiger partial charge < -0.3 is 10.1 Å². The number of amides is 1. The van der Waals surface area contributed by atoms with Crippen LogP contribution in [0, 0.1) is 5.92 Å². The summed E-state index contributed by atoms with van der Waals surface area (Å²) in [5, 5.41) is 3.54. The lowest BCUT2D eigenvalue weighted by atomic mass is 10.1. The lowest BCUT2D eigenvalue weighted by Crippen LogP contribution is -2.14. The van der Waals surface area contributed by atoms with Gasteiger partial charge in [-0.1, -0.05) is 37.6 Å². The van der Waals surface area contributed by atoms with E-state index in [0.29, 0.717) is 24.0 Å². The zero-order chi connectivity index (χ0) is 15.9. The summed E-state index contributed by atoms with van der Waals surface area (Å²) in [5.41, 5.74) is 1.69. The Labute approximate surface area is 136 Å². The number of nitrogens with one attached hydrogen (secondary N) is 1. The molecule has 0 aliphatic rings. The molecule has 0 aliphatic carbocycles. The molecular formula is C18H20ClNO2. The van der Waals surface area contributed by atoms with Crippen LogP contribution >= 0.6 is 11.6 Å². The molecule has 0 saturated heterocycles. The quantitative estimate of drug-likeness (QED) is 0.848. The third-order valence-corrected chi connectivity index (χ3v) is 3.25. The van der Waals surface area contributed by atoms with Gasteiger partial charge in [-0.3, -0.25) is 4.79 Å². The SMILES string of the molecule is CC(C)COc1ccc(NC(=O)Cc2ccc(Cl)cc2)cc1. The third-order valence-electron chi connectivity index (χ3n) is 3.00. The van der Waals surface area contributed by atoms with Gasteiger partial charge in [0.2, 0.25) is 5.91 Å². The summed E-state index contributed by atoms with van der Waals surface area (Å²) >= 11 is 5.83. The first-order valence-corrected chi connectivity index (χ1v) is 7.68. The van der Waals surface area contributed by atoms with Crippen molar-refractivity contribution in [3.63, 3.8) is 0 Å². The van der Waals surface area contributed by atoms with Gasteiger partial charge in [0, 0.05) is 10.7 Å². The molecule has 2 rings (SSSR count). The Kier molecular flexibility index (Phi) is 5.84. The normalized spacial score (nSPS) is 10.5. The molecule has 1 N–H and O–H groups in total. The summed E-state index contributed by atoms with van der Waals surface area (Å²) in [6, 6.07) is 14.7. The van der Waals surface area contributed by atoms with Crippen molar-refractivity contribution in [1.82, 2.24) is 0 Å². The highest BCUT2D eigenvalue weighted by Crippen LogP contribution is 2.17. The van der Waals surface area contributed by atoms with Crippen LogP contribution in [0.25, 0.3) is 0 Å². The average Bonchev–Trinajstić information content (AvgIpc) is 2.49. The molecule has 0 unspecified atom stereocenters. The second-order valence-electron chi connectivity index (χ2n) is 5.58. The smallest absolute Gasteiger partial charge is 0.228 e. The lowest BCUT2D eigenvalue weighted by Gasteiger charge is -2.10. The highest BCUT2D eigenvalue weighted by molar-refractivity contribution is 6.30. The van der Waals surface area contributed by atoms with Gasteiger partial charge in [-0.05, 0) is 47.9 Å². The minimum absolute atomic E-state index is 0.0572. The van der Waals surface area contributed by atoms with Gasteiger partial charge in [-0.2, -0.15) is 0 Å². The van der Waals surface area contributed by atoms with Gasteiger partial charge in [-0.25, -0.2) is 0 Å². The zero-order valence-electron chi connectivity index (χ0n) is 12.8. The van der Waals surface area contributed by atoms with Crippen molar-refractivity contribution in [3.8, 4) is 5.75 Å². The Morgan fingerprint density at radius 3 is 2.32 bits per heavy atom. The van der Waals surface area contributed by atoms with Gasteiger partial charge in [0.1, 0.15) is 5.75 Å². The van der Waals surface area contributed by atoms with Crippen molar-refractivity contribution in [2.45, 2.75) is 20.3 Å². The lowest BCUT2D eigenvalue weighted by molar-refractivity contribution is -0.115. The Morgan fingerprint density at radius 1 is 1.09 bits per heavy atom. The van der Waals surface area contributed by atoms with E-state index in [1.807, 2.05) is 36.4 Å². The van der Waals surface area contributed by atoms with E-state index in [1.54, 1.807) is 12.1 Å². The largest absolute Gasteiger partial charge is 0.493 e. The van der Waals surface area contributed by atoms with Gasteiger partial charge in [0.05, 0.1) is 13.0 Å². The number of carbonyl (C=O) groups is 1.